The molecule has 0 aliphatic carbocycles. The molecule has 1 aromatic carbocycles. The molecule has 0 bridgehead atoms. The number of para-hydroxylation sites is 1. The number of hydrogen-bond donors (Lipinski definition) is 0. The molecule has 0 heterocycles. The van der Waals surface area contributed by atoms with Gasteiger partial charge >= 0.3 is 5.97 Å². The number of carbonyl (C=O) groups is 1. The number of methoxy groups -OCH3 is 1. The zero-order valence-electron chi connectivity index (χ0n) is 10.1. The second-order valence-corrected chi connectivity index (χ2v) is 3.59. The van der Waals surface area contributed by atoms with Gasteiger partial charge in [0.2, 0.25) is 0 Å². The van der Waals surface area contributed by atoms with E-state index < -0.39 is 16.9 Å². The maximum absolute atomic E-state index is 11.0. The van der Waals surface area contributed by atoms with Gasteiger partial charge < -0.3 is 4.74 Å². The van der Waals surface area contributed by atoms with Crippen molar-refractivity contribution in [3.63, 3.8) is 0 Å². The Morgan fingerprint density at radius 1 is 1.50 bits per heavy atom. The lowest BCUT2D eigenvalue weighted by atomic mass is 10.2. The summed E-state index contributed by atoms with van der Waals surface area (Å²) in [5.74, 6) is -0.399. The number of azo groups is 1. The molecule has 1 rings (SSSR count). The van der Waals surface area contributed by atoms with Gasteiger partial charge in [-0.2, -0.15) is 5.11 Å². The van der Waals surface area contributed by atoms with E-state index in [1.54, 1.807) is 19.1 Å². The smallest absolute Gasteiger partial charge is 0.307 e. The third-order valence-electron chi connectivity index (χ3n) is 2.13. The number of nitro benzene ring substituents is 1. The Labute approximate surface area is 104 Å². The van der Waals surface area contributed by atoms with Gasteiger partial charge in [-0.05, 0) is 13.0 Å². The summed E-state index contributed by atoms with van der Waals surface area (Å²) in [5, 5.41) is 18.4. The quantitative estimate of drug-likeness (QED) is 0.348. The second-order valence-electron chi connectivity index (χ2n) is 3.59. The van der Waals surface area contributed by atoms with Crippen molar-refractivity contribution in [3.05, 3.63) is 34.4 Å². The van der Waals surface area contributed by atoms with Crippen LogP contribution in [0.4, 0.5) is 11.4 Å². The Kier molecular flexibility index (Phi) is 4.91. The lowest BCUT2D eigenvalue weighted by Crippen LogP contribution is -2.08. The maximum Gasteiger partial charge on any atom is 0.307 e. The van der Waals surface area contributed by atoms with Crippen LogP contribution in [0.15, 0.2) is 34.5 Å². The molecular formula is C11H13N3O4. The average molecular weight is 251 g/mol. The molecule has 0 saturated heterocycles. The number of ether oxygens (including phenoxy) is 1. The molecule has 0 aromatic heterocycles. The van der Waals surface area contributed by atoms with E-state index >= 15 is 0 Å². The van der Waals surface area contributed by atoms with Gasteiger partial charge in [-0.1, -0.05) is 12.1 Å². The molecule has 96 valence electrons. The van der Waals surface area contributed by atoms with E-state index in [9.17, 15) is 14.9 Å². The summed E-state index contributed by atoms with van der Waals surface area (Å²) in [6.45, 7) is 1.68. The Balaban J connectivity index is 2.78. The van der Waals surface area contributed by atoms with Crippen molar-refractivity contribution in [2.75, 3.05) is 7.11 Å². The fourth-order valence-corrected chi connectivity index (χ4v) is 1.23. The predicted octanol–water partition coefficient (Wildman–Crippen LogP) is 2.63. The van der Waals surface area contributed by atoms with E-state index in [1.807, 2.05) is 0 Å². The second kappa shape index (κ2) is 6.43. The fourth-order valence-electron chi connectivity index (χ4n) is 1.23. The fraction of sp³-hybridized carbons (Fsp3) is 0.364. The zero-order valence-corrected chi connectivity index (χ0v) is 10.1. The van der Waals surface area contributed by atoms with Gasteiger partial charge in [-0.3, -0.25) is 14.9 Å². The van der Waals surface area contributed by atoms with E-state index in [-0.39, 0.29) is 17.8 Å². The summed E-state index contributed by atoms with van der Waals surface area (Å²) < 4.78 is 4.49. The summed E-state index contributed by atoms with van der Waals surface area (Å²) >= 11 is 0. The van der Waals surface area contributed by atoms with Crippen LogP contribution in [0.1, 0.15) is 13.3 Å². The summed E-state index contributed by atoms with van der Waals surface area (Å²) in [4.78, 5) is 21.2. The molecular weight excluding hydrogens is 238 g/mol. The number of esters is 1. The van der Waals surface area contributed by atoms with Gasteiger partial charge in [0.1, 0.15) is 0 Å². The van der Waals surface area contributed by atoms with E-state index in [0.29, 0.717) is 0 Å². The van der Waals surface area contributed by atoms with Crippen LogP contribution in [0.3, 0.4) is 0 Å². The molecule has 7 heteroatoms. The van der Waals surface area contributed by atoms with Gasteiger partial charge in [0.25, 0.3) is 5.69 Å². The number of hydrogen-bond acceptors (Lipinski definition) is 6. The van der Waals surface area contributed by atoms with Gasteiger partial charge in [0.05, 0.1) is 24.5 Å². The van der Waals surface area contributed by atoms with E-state index in [2.05, 4.69) is 15.0 Å². The van der Waals surface area contributed by atoms with Crippen LogP contribution in [0, 0.1) is 10.1 Å². The van der Waals surface area contributed by atoms with Crippen LogP contribution in [0.25, 0.3) is 0 Å². The molecule has 0 spiro atoms. The highest BCUT2D eigenvalue weighted by molar-refractivity contribution is 5.69. The first-order valence-electron chi connectivity index (χ1n) is 5.25. The average Bonchev–Trinajstić information content (AvgIpc) is 2.36. The van der Waals surface area contributed by atoms with E-state index in [0.717, 1.165) is 0 Å². The van der Waals surface area contributed by atoms with Crippen molar-refractivity contribution >= 4 is 17.3 Å². The largest absolute Gasteiger partial charge is 0.469 e. The highest BCUT2D eigenvalue weighted by Crippen LogP contribution is 2.26. The van der Waals surface area contributed by atoms with Gasteiger partial charge in [-0.15, -0.1) is 5.11 Å². The van der Waals surface area contributed by atoms with Crippen LogP contribution in [-0.4, -0.2) is 24.0 Å². The topological polar surface area (TPSA) is 94.2 Å². The first kappa shape index (κ1) is 13.8. The van der Waals surface area contributed by atoms with Crippen molar-refractivity contribution in [3.8, 4) is 0 Å². The molecule has 18 heavy (non-hydrogen) atoms. The molecule has 0 N–H and O–H groups in total. The number of benzene rings is 1. The number of nitrogens with zero attached hydrogens (tertiary/aromatic N) is 3. The van der Waals surface area contributed by atoms with Gasteiger partial charge in [0, 0.05) is 6.07 Å². The Morgan fingerprint density at radius 2 is 2.17 bits per heavy atom. The van der Waals surface area contributed by atoms with Crippen LogP contribution < -0.4 is 0 Å². The number of nitro groups is 1. The van der Waals surface area contributed by atoms with Gasteiger partial charge in [0.15, 0.2) is 5.69 Å². The normalized spacial score (nSPS) is 12.3. The first-order valence-corrected chi connectivity index (χ1v) is 5.25. The van der Waals surface area contributed by atoms with Crippen molar-refractivity contribution in [2.24, 2.45) is 10.2 Å². The Hall–Kier alpha value is -2.31. The van der Waals surface area contributed by atoms with Crippen molar-refractivity contribution < 1.29 is 14.5 Å². The highest BCUT2D eigenvalue weighted by atomic mass is 16.6. The van der Waals surface area contributed by atoms with Crippen LogP contribution in [0.2, 0.25) is 0 Å². The molecule has 7 nitrogen and oxygen atoms in total. The molecule has 0 radical (unpaired) electrons. The van der Waals surface area contributed by atoms with Crippen molar-refractivity contribution in [1.29, 1.82) is 0 Å². The summed E-state index contributed by atoms with van der Waals surface area (Å²) in [7, 11) is 1.29. The van der Waals surface area contributed by atoms with Crippen LogP contribution in [-0.2, 0) is 9.53 Å². The molecule has 1 unspecified atom stereocenters. The summed E-state index contributed by atoms with van der Waals surface area (Å²) in [6.07, 6.45) is 0.0840. The maximum atomic E-state index is 11.0. The molecule has 0 aliphatic heterocycles. The molecule has 1 aromatic rings. The molecule has 1 atom stereocenters. The van der Waals surface area contributed by atoms with E-state index in [4.69, 9.17) is 0 Å². The minimum atomic E-state index is -0.528. The standard InChI is InChI=1S/C11H13N3O4/c1-8(7-11(15)18-2)12-13-9-5-3-4-6-10(9)14(16)17/h3-6,8H,7H2,1-2H3. The first-order chi connectivity index (χ1) is 8.54. The predicted molar refractivity (Wildman–Crippen MR) is 63.7 cm³/mol. The third-order valence-corrected chi connectivity index (χ3v) is 2.13. The Morgan fingerprint density at radius 3 is 2.78 bits per heavy atom. The summed E-state index contributed by atoms with van der Waals surface area (Å²) in [5.41, 5.74) is 0.0470. The monoisotopic (exact) mass is 251 g/mol. The number of carbonyl (C=O) groups excluding carboxylic acids is 1. The molecule has 0 saturated carbocycles. The zero-order chi connectivity index (χ0) is 13.5. The van der Waals surface area contributed by atoms with Gasteiger partial charge in [-0.25, -0.2) is 0 Å². The molecule has 0 amide bonds. The van der Waals surface area contributed by atoms with Crippen molar-refractivity contribution in [1.82, 2.24) is 0 Å². The van der Waals surface area contributed by atoms with Crippen LogP contribution >= 0.6 is 0 Å². The lowest BCUT2D eigenvalue weighted by Gasteiger charge is -2.02. The molecule has 0 aliphatic rings. The SMILES string of the molecule is COC(=O)CC(C)N=Nc1ccccc1[N+](=O)[O-]. The lowest BCUT2D eigenvalue weighted by molar-refractivity contribution is -0.384. The third kappa shape index (κ3) is 3.93. The molecule has 0 fully saturated rings. The minimum absolute atomic E-state index is 0.0840. The highest BCUT2D eigenvalue weighted by Gasteiger charge is 2.12. The Bertz CT molecular complexity index is 473. The van der Waals surface area contributed by atoms with Crippen LogP contribution in [0.5, 0.6) is 0 Å². The van der Waals surface area contributed by atoms with E-state index in [1.165, 1.54) is 19.2 Å². The van der Waals surface area contributed by atoms with Crippen molar-refractivity contribution in [2.45, 2.75) is 19.4 Å². The minimum Gasteiger partial charge on any atom is -0.469 e. The summed E-state index contributed by atoms with van der Waals surface area (Å²) in [6, 6.07) is 5.63. The number of rotatable bonds is 5.